The van der Waals surface area contributed by atoms with E-state index in [9.17, 15) is 4.39 Å². The van der Waals surface area contributed by atoms with Crippen LogP contribution in [0.2, 0.25) is 5.02 Å². The molecule has 0 spiro atoms. The molecule has 1 N–H and O–H groups in total. The van der Waals surface area contributed by atoms with Crippen LogP contribution in [0.3, 0.4) is 0 Å². The molecule has 4 heteroatoms. The SMILES string of the molecule is CC(NCc1cc(Cl)ccc1F)c1ccsc1. The Balaban J connectivity index is 2.00. The summed E-state index contributed by atoms with van der Waals surface area (Å²) in [6.07, 6.45) is 0. The Morgan fingerprint density at radius 2 is 2.24 bits per heavy atom. The number of hydrogen-bond donors (Lipinski definition) is 1. The minimum atomic E-state index is -0.223. The smallest absolute Gasteiger partial charge is 0.127 e. The molecule has 0 radical (unpaired) electrons. The van der Waals surface area contributed by atoms with Gasteiger partial charge in [-0.05, 0) is 47.5 Å². The molecule has 0 bridgehead atoms. The third-order valence-corrected chi connectivity index (χ3v) is 3.59. The molecule has 0 aliphatic carbocycles. The molecule has 0 saturated heterocycles. The summed E-state index contributed by atoms with van der Waals surface area (Å²) in [4.78, 5) is 0. The van der Waals surface area contributed by atoms with Gasteiger partial charge in [0.15, 0.2) is 0 Å². The Morgan fingerprint density at radius 3 is 2.94 bits per heavy atom. The van der Waals surface area contributed by atoms with Crippen molar-refractivity contribution in [1.82, 2.24) is 5.32 Å². The molecular weight excluding hydrogens is 257 g/mol. The van der Waals surface area contributed by atoms with Gasteiger partial charge in [-0.1, -0.05) is 11.6 Å². The second-order valence-corrected chi connectivity index (χ2v) is 5.11. The van der Waals surface area contributed by atoms with Gasteiger partial charge in [0, 0.05) is 23.2 Å². The number of halogens is 2. The molecule has 17 heavy (non-hydrogen) atoms. The molecule has 1 nitrogen and oxygen atoms in total. The molecule has 0 saturated carbocycles. The first-order chi connectivity index (χ1) is 8.16. The maximum atomic E-state index is 13.5. The average molecular weight is 270 g/mol. The molecule has 1 aromatic carbocycles. The van der Waals surface area contributed by atoms with Crippen molar-refractivity contribution in [2.75, 3.05) is 0 Å². The lowest BCUT2D eigenvalue weighted by Crippen LogP contribution is -2.18. The van der Waals surface area contributed by atoms with E-state index in [4.69, 9.17) is 11.6 Å². The number of nitrogens with one attached hydrogen (secondary N) is 1. The monoisotopic (exact) mass is 269 g/mol. The predicted octanol–water partition coefficient (Wildman–Crippen LogP) is 4.39. The Bertz CT molecular complexity index is 484. The molecule has 0 amide bonds. The highest BCUT2D eigenvalue weighted by molar-refractivity contribution is 7.07. The van der Waals surface area contributed by atoms with Gasteiger partial charge in [0.2, 0.25) is 0 Å². The quantitative estimate of drug-likeness (QED) is 0.868. The van der Waals surface area contributed by atoms with Gasteiger partial charge in [0.25, 0.3) is 0 Å². The molecular formula is C13H13ClFNS. The molecule has 1 aromatic heterocycles. The molecule has 0 aliphatic heterocycles. The molecule has 1 atom stereocenters. The summed E-state index contributed by atoms with van der Waals surface area (Å²) in [5.74, 6) is -0.223. The van der Waals surface area contributed by atoms with Gasteiger partial charge >= 0.3 is 0 Å². The van der Waals surface area contributed by atoms with Crippen LogP contribution in [0.1, 0.15) is 24.1 Å². The zero-order chi connectivity index (χ0) is 12.3. The lowest BCUT2D eigenvalue weighted by atomic mass is 10.1. The second kappa shape index (κ2) is 5.63. The van der Waals surface area contributed by atoms with Gasteiger partial charge in [-0.3, -0.25) is 0 Å². The summed E-state index contributed by atoms with van der Waals surface area (Å²) in [5, 5.41) is 7.96. The molecule has 1 unspecified atom stereocenters. The minimum absolute atomic E-state index is 0.208. The van der Waals surface area contributed by atoms with Crippen molar-refractivity contribution in [3.8, 4) is 0 Å². The predicted molar refractivity (Wildman–Crippen MR) is 71.0 cm³/mol. The van der Waals surface area contributed by atoms with Gasteiger partial charge < -0.3 is 5.32 Å². The second-order valence-electron chi connectivity index (χ2n) is 3.90. The summed E-state index contributed by atoms with van der Waals surface area (Å²) < 4.78 is 13.5. The Hall–Kier alpha value is -0.900. The number of hydrogen-bond acceptors (Lipinski definition) is 2. The number of thiophene rings is 1. The largest absolute Gasteiger partial charge is 0.306 e. The molecule has 0 aliphatic rings. The van der Waals surface area contributed by atoms with E-state index in [1.54, 1.807) is 23.5 Å². The van der Waals surface area contributed by atoms with Gasteiger partial charge in [-0.15, -0.1) is 0 Å². The fraction of sp³-hybridized carbons (Fsp3) is 0.231. The molecule has 2 rings (SSSR count). The van der Waals surface area contributed by atoms with E-state index in [1.807, 2.05) is 5.38 Å². The maximum Gasteiger partial charge on any atom is 0.127 e. The Kier molecular flexibility index (Phi) is 4.15. The lowest BCUT2D eigenvalue weighted by molar-refractivity contribution is 0.545. The zero-order valence-corrected chi connectivity index (χ0v) is 11.0. The minimum Gasteiger partial charge on any atom is -0.306 e. The van der Waals surface area contributed by atoms with Gasteiger partial charge in [0.1, 0.15) is 5.82 Å². The molecule has 1 heterocycles. The van der Waals surface area contributed by atoms with E-state index in [-0.39, 0.29) is 11.9 Å². The first kappa shape index (κ1) is 12.6. The third kappa shape index (κ3) is 3.28. The molecule has 2 aromatic rings. The highest BCUT2D eigenvalue weighted by Crippen LogP contribution is 2.18. The van der Waals surface area contributed by atoms with E-state index in [0.717, 1.165) is 0 Å². The van der Waals surface area contributed by atoms with Crippen LogP contribution in [0.15, 0.2) is 35.0 Å². The Labute approximate surface area is 109 Å². The van der Waals surface area contributed by atoms with Crippen molar-refractivity contribution < 1.29 is 4.39 Å². The number of rotatable bonds is 4. The summed E-state index contributed by atoms with van der Waals surface area (Å²) in [6, 6.07) is 6.89. The highest BCUT2D eigenvalue weighted by Gasteiger charge is 2.07. The van der Waals surface area contributed by atoms with Crippen LogP contribution in [0.25, 0.3) is 0 Å². The van der Waals surface area contributed by atoms with E-state index in [1.165, 1.54) is 11.6 Å². The fourth-order valence-electron chi connectivity index (χ4n) is 1.58. The van der Waals surface area contributed by atoms with Crippen LogP contribution in [0, 0.1) is 5.82 Å². The van der Waals surface area contributed by atoms with E-state index in [2.05, 4.69) is 23.7 Å². The maximum absolute atomic E-state index is 13.5. The van der Waals surface area contributed by atoms with E-state index >= 15 is 0 Å². The molecule has 90 valence electrons. The van der Waals surface area contributed by atoms with Crippen molar-refractivity contribution in [3.63, 3.8) is 0 Å². The normalized spacial score (nSPS) is 12.6. The van der Waals surface area contributed by atoms with Crippen molar-refractivity contribution in [2.24, 2.45) is 0 Å². The highest BCUT2D eigenvalue weighted by atomic mass is 35.5. The summed E-state index contributed by atoms with van der Waals surface area (Å²) >= 11 is 7.50. The van der Waals surface area contributed by atoms with Crippen molar-refractivity contribution in [1.29, 1.82) is 0 Å². The first-order valence-corrected chi connectivity index (χ1v) is 6.68. The summed E-state index contributed by atoms with van der Waals surface area (Å²) in [7, 11) is 0. The standard InChI is InChI=1S/C13H13ClFNS/c1-9(10-4-5-17-8-10)16-7-11-6-12(14)2-3-13(11)15/h2-6,8-9,16H,7H2,1H3. The van der Waals surface area contributed by atoms with Crippen LogP contribution >= 0.6 is 22.9 Å². The van der Waals surface area contributed by atoms with Crippen molar-refractivity contribution in [2.45, 2.75) is 19.5 Å². The van der Waals surface area contributed by atoms with Crippen LogP contribution in [0.5, 0.6) is 0 Å². The zero-order valence-electron chi connectivity index (χ0n) is 9.41. The van der Waals surface area contributed by atoms with Crippen molar-refractivity contribution in [3.05, 3.63) is 57.0 Å². The average Bonchev–Trinajstić information content (AvgIpc) is 2.83. The Morgan fingerprint density at radius 1 is 1.41 bits per heavy atom. The van der Waals surface area contributed by atoms with E-state index in [0.29, 0.717) is 17.1 Å². The van der Waals surface area contributed by atoms with Gasteiger partial charge in [0.05, 0.1) is 0 Å². The topological polar surface area (TPSA) is 12.0 Å². The van der Waals surface area contributed by atoms with Crippen molar-refractivity contribution >= 4 is 22.9 Å². The van der Waals surface area contributed by atoms with Crippen LogP contribution in [-0.2, 0) is 6.54 Å². The summed E-state index contributed by atoms with van der Waals surface area (Å²) in [5.41, 5.74) is 1.82. The number of benzene rings is 1. The van der Waals surface area contributed by atoms with Gasteiger partial charge in [-0.2, -0.15) is 11.3 Å². The van der Waals surface area contributed by atoms with Crippen LogP contribution in [-0.4, -0.2) is 0 Å². The lowest BCUT2D eigenvalue weighted by Gasteiger charge is -2.13. The van der Waals surface area contributed by atoms with Crippen LogP contribution in [0.4, 0.5) is 4.39 Å². The molecule has 0 fully saturated rings. The fourth-order valence-corrected chi connectivity index (χ4v) is 2.53. The van der Waals surface area contributed by atoms with E-state index < -0.39 is 0 Å². The third-order valence-electron chi connectivity index (χ3n) is 2.65. The van der Waals surface area contributed by atoms with Crippen LogP contribution < -0.4 is 5.32 Å². The summed E-state index contributed by atoms with van der Waals surface area (Å²) in [6.45, 7) is 2.54. The first-order valence-electron chi connectivity index (χ1n) is 5.36. The van der Waals surface area contributed by atoms with Gasteiger partial charge in [-0.25, -0.2) is 4.39 Å².